The molecule has 19 heavy (non-hydrogen) atoms. The summed E-state index contributed by atoms with van der Waals surface area (Å²) in [5.41, 5.74) is 6.09. The zero-order valence-electron chi connectivity index (χ0n) is 12.2. The average Bonchev–Trinajstić information content (AvgIpc) is 2.28. The second-order valence-corrected chi connectivity index (χ2v) is 6.08. The molecule has 0 aromatic rings. The fourth-order valence-corrected chi connectivity index (χ4v) is 3.20. The third kappa shape index (κ3) is 5.30. The van der Waals surface area contributed by atoms with Gasteiger partial charge in [-0.15, -0.1) is 0 Å². The van der Waals surface area contributed by atoms with Crippen LogP contribution in [0.3, 0.4) is 0 Å². The molecule has 1 aliphatic rings. The molecule has 5 heteroatoms. The van der Waals surface area contributed by atoms with Crippen molar-refractivity contribution < 1.29 is 13.2 Å². The topological polar surface area (TPSA) is 29.3 Å². The van der Waals surface area contributed by atoms with Crippen LogP contribution in [0.2, 0.25) is 0 Å². The lowest BCUT2D eigenvalue weighted by Gasteiger charge is -2.43. The summed E-state index contributed by atoms with van der Waals surface area (Å²) in [7, 11) is 0. The number of nitrogens with two attached hydrogens (primary N) is 1. The fourth-order valence-electron chi connectivity index (χ4n) is 3.20. The van der Waals surface area contributed by atoms with Gasteiger partial charge in [-0.3, -0.25) is 4.90 Å². The number of nitrogens with zero attached hydrogens (tertiary/aromatic N) is 1. The molecule has 3 unspecified atom stereocenters. The quantitative estimate of drug-likeness (QED) is 0.834. The van der Waals surface area contributed by atoms with Gasteiger partial charge >= 0.3 is 6.18 Å². The number of hydrogen-bond acceptors (Lipinski definition) is 2. The molecule has 1 fully saturated rings. The van der Waals surface area contributed by atoms with Crippen molar-refractivity contribution in [2.75, 3.05) is 6.54 Å². The Morgan fingerprint density at radius 2 is 1.89 bits per heavy atom. The Hall–Kier alpha value is -0.290. The van der Waals surface area contributed by atoms with Crippen LogP contribution >= 0.6 is 0 Å². The molecule has 0 heterocycles. The minimum absolute atomic E-state index is 0.127. The van der Waals surface area contributed by atoms with Gasteiger partial charge in [-0.25, -0.2) is 0 Å². The molecule has 1 aliphatic carbocycles. The highest BCUT2D eigenvalue weighted by Crippen LogP contribution is 2.32. The van der Waals surface area contributed by atoms with Crippen molar-refractivity contribution in [1.82, 2.24) is 4.90 Å². The molecule has 1 saturated carbocycles. The van der Waals surface area contributed by atoms with E-state index in [1.165, 1.54) is 0 Å². The number of halogens is 3. The average molecular weight is 280 g/mol. The maximum absolute atomic E-state index is 12.7. The minimum atomic E-state index is -4.15. The second kappa shape index (κ2) is 6.93. The van der Waals surface area contributed by atoms with Crippen LogP contribution in [-0.4, -0.2) is 35.7 Å². The Kier molecular flexibility index (Phi) is 6.12. The van der Waals surface area contributed by atoms with Gasteiger partial charge in [-0.2, -0.15) is 13.2 Å². The van der Waals surface area contributed by atoms with Gasteiger partial charge in [0.1, 0.15) is 0 Å². The van der Waals surface area contributed by atoms with Crippen molar-refractivity contribution in [3.8, 4) is 0 Å². The molecule has 1 rings (SSSR count). The summed E-state index contributed by atoms with van der Waals surface area (Å²) < 4.78 is 38.1. The monoisotopic (exact) mass is 280 g/mol. The first-order valence-electron chi connectivity index (χ1n) is 7.32. The smallest absolute Gasteiger partial charge is 0.326 e. The number of alkyl halides is 3. The van der Waals surface area contributed by atoms with Crippen LogP contribution in [-0.2, 0) is 0 Å². The third-order valence-electron chi connectivity index (χ3n) is 4.13. The van der Waals surface area contributed by atoms with E-state index in [4.69, 9.17) is 5.73 Å². The van der Waals surface area contributed by atoms with E-state index in [1.54, 1.807) is 4.90 Å². The number of rotatable bonds is 5. The summed E-state index contributed by atoms with van der Waals surface area (Å²) in [6.07, 6.45) is 0.750. The van der Waals surface area contributed by atoms with Gasteiger partial charge in [-0.05, 0) is 39.0 Å². The molecular weight excluding hydrogens is 253 g/mol. The van der Waals surface area contributed by atoms with E-state index >= 15 is 0 Å². The molecule has 0 amide bonds. The Morgan fingerprint density at radius 1 is 1.26 bits per heavy atom. The van der Waals surface area contributed by atoms with Crippen LogP contribution in [0.15, 0.2) is 0 Å². The van der Waals surface area contributed by atoms with Crippen LogP contribution in [0, 0.1) is 5.92 Å². The zero-order chi connectivity index (χ0) is 14.6. The Labute approximate surface area is 114 Å². The van der Waals surface area contributed by atoms with Gasteiger partial charge in [0.25, 0.3) is 0 Å². The highest BCUT2D eigenvalue weighted by Gasteiger charge is 2.39. The highest BCUT2D eigenvalue weighted by molar-refractivity contribution is 4.91. The molecule has 2 N–H and O–H groups in total. The predicted molar refractivity (Wildman–Crippen MR) is 71.9 cm³/mol. The SMILES string of the molecule is CCCC1CCC(N)C(N(CC(F)(F)F)C(C)C)C1. The van der Waals surface area contributed by atoms with Crippen LogP contribution in [0.4, 0.5) is 13.2 Å². The molecule has 3 atom stereocenters. The Morgan fingerprint density at radius 3 is 2.37 bits per heavy atom. The van der Waals surface area contributed by atoms with Crippen LogP contribution in [0.5, 0.6) is 0 Å². The summed E-state index contributed by atoms with van der Waals surface area (Å²) >= 11 is 0. The van der Waals surface area contributed by atoms with Gasteiger partial charge < -0.3 is 5.73 Å². The first-order chi connectivity index (χ1) is 8.74. The van der Waals surface area contributed by atoms with Gasteiger partial charge in [0.2, 0.25) is 0 Å². The lowest BCUT2D eigenvalue weighted by molar-refractivity contribution is -0.158. The van der Waals surface area contributed by atoms with Gasteiger partial charge in [0.05, 0.1) is 6.54 Å². The van der Waals surface area contributed by atoms with Crippen molar-refractivity contribution in [2.45, 2.75) is 77.2 Å². The molecule has 0 saturated heterocycles. The first kappa shape index (κ1) is 16.8. The highest BCUT2D eigenvalue weighted by atomic mass is 19.4. The second-order valence-electron chi connectivity index (χ2n) is 6.08. The number of hydrogen-bond donors (Lipinski definition) is 1. The molecule has 0 radical (unpaired) electrons. The Balaban J connectivity index is 2.74. The predicted octanol–water partition coefficient (Wildman–Crippen LogP) is 3.56. The minimum Gasteiger partial charge on any atom is -0.326 e. The van der Waals surface area contributed by atoms with E-state index in [9.17, 15) is 13.2 Å². The Bertz CT molecular complexity index is 266. The molecule has 0 bridgehead atoms. The van der Waals surface area contributed by atoms with E-state index in [0.717, 1.165) is 32.1 Å². The molecule has 0 spiro atoms. The van der Waals surface area contributed by atoms with Crippen molar-refractivity contribution in [3.63, 3.8) is 0 Å². The molecule has 0 aliphatic heterocycles. The zero-order valence-corrected chi connectivity index (χ0v) is 12.2. The van der Waals surface area contributed by atoms with Crippen LogP contribution < -0.4 is 5.73 Å². The molecule has 0 aromatic carbocycles. The fraction of sp³-hybridized carbons (Fsp3) is 1.00. The van der Waals surface area contributed by atoms with Gasteiger partial charge in [0, 0.05) is 18.1 Å². The maximum Gasteiger partial charge on any atom is 0.401 e. The first-order valence-corrected chi connectivity index (χ1v) is 7.32. The largest absolute Gasteiger partial charge is 0.401 e. The molecule has 114 valence electrons. The van der Waals surface area contributed by atoms with E-state index in [1.807, 2.05) is 13.8 Å². The van der Waals surface area contributed by atoms with E-state index in [-0.39, 0.29) is 18.1 Å². The lowest BCUT2D eigenvalue weighted by atomic mass is 9.79. The van der Waals surface area contributed by atoms with Crippen molar-refractivity contribution in [1.29, 1.82) is 0 Å². The van der Waals surface area contributed by atoms with Crippen molar-refractivity contribution in [3.05, 3.63) is 0 Å². The molecule has 0 aromatic heterocycles. The lowest BCUT2D eigenvalue weighted by Crippen LogP contribution is -2.55. The van der Waals surface area contributed by atoms with Gasteiger partial charge in [0.15, 0.2) is 0 Å². The van der Waals surface area contributed by atoms with E-state index in [2.05, 4.69) is 6.92 Å². The summed E-state index contributed by atoms with van der Waals surface area (Å²) in [4.78, 5) is 1.55. The molecular formula is C14H27F3N2. The third-order valence-corrected chi connectivity index (χ3v) is 4.13. The summed E-state index contributed by atoms with van der Waals surface area (Å²) in [5, 5.41) is 0. The van der Waals surface area contributed by atoms with Gasteiger partial charge in [-0.1, -0.05) is 19.8 Å². The van der Waals surface area contributed by atoms with Crippen molar-refractivity contribution >= 4 is 0 Å². The van der Waals surface area contributed by atoms with Crippen molar-refractivity contribution in [2.24, 2.45) is 11.7 Å². The van der Waals surface area contributed by atoms with E-state index < -0.39 is 12.7 Å². The van der Waals surface area contributed by atoms with Crippen LogP contribution in [0.1, 0.15) is 52.9 Å². The summed E-state index contributed by atoms with van der Waals surface area (Å²) in [6.45, 7) is 4.92. The normalized spacial score (nSPS) is 29.2. The van der Waals surface area contributed by atoms with E-state index in [0.29, 0.717) is 5.92 Å². The summed E-state index contributed by atoms with van der Waals surface area (Å²) in [6, 6.07) is -0.386. The molecule has 2 nitrogen and oxygen atoms in total. The van der Waals surface area contributed by atoms with Crippen LogP contribution in [0.25, 0.3) is 0 Å². The summed E-state index contributed by atoms with van der Waals surface area (Å²) in [5.74, 6) is 0.532. The standard InChI is InChI=1S/C14H27F3N2/c1-4-5-11-6-7-12(18)13(8-11)19(10(2)3)9-14(15,16)17/h10-13H,4-9,18H2,1-3H3. The maximum atomic E-state index is 12.7.